The summed E-state index contributed by atoms with van der Waals surface area (Å²) in [4.78, 5) is 24.5. The third-order valence-electron chi connectivity index (χ3n) is 4.11. The van der Waals surface area contributed by atoms with Crippen molar-refractivity contribution in [3.8, 4) is 0 Å². The molecule has 0 bridgehead atoms. The molecular weight excluding hydrogens is 324 g/mol. The lowest BCUT2D eigenvalue weighted by molar-refractivity contribution is -0.163. The van der Waals surface area contributed by atoms with Crippen molar-refractivity contribution < 1.29 is 28.5 Å². The van der Waals surface area contributed by atoms with Crippen LogP contribution in [0.3, 0.4) is 0 Å². The fourth-order valence-corrected chi connectivity index (χ4v) is 2.53. The van der Waals surface area contributed by atoms with Gasteiger partial charge in [0.15, 0.2) is 18.5 Å². The second-order valence-corrected chi connectivity index (χ2v) is 6.43. The van der Waals surface area contributed by atoms with E-state index < -0.39 is 30.4 Å². The van der Waals surface area contributed by atoms with Crippen molar-refractivity contribution in [2.24, 2.45) is 0 Å². The van der Waals surface area contributed by atoms with E-state index in [1.807, 2.05) is 13.8 Å². The summed E-state index contributed by atoms with van der Waals surface area (Å²) in [5, 5.41) is 0. The molecule has 0 radical (unpaired) electrons. The summed E-state index contributed by atoms with van der Waals surface area (Å²) >= 11 is 0. The maximum atomic E-state index is 12.3. The van der Waals surface area contributed by atoms with E-state index in [0.717, 1.165) is 51.4 Å². The average Bonchev–Trinajstić information content (AvgIpc) is 3.03. The van der Waals surface area contributed by atoms with Gasteiger partial charge in [-0.25, -0.2) is 9.59 Å². The van der Waals surface area contributed by atoms with Crippen LogP contribution in [0.1, 0.15) is 78.6 Å². The zero-order valence-corrected chi connectivity index (χ0v) is 16.0. The minimum absolute atomic E-state index is 0.327. The molecule has 1 rings (SSSR count). The van der Waals surface area contributed by atoms with Gasteiger partial charge < -0.3 is 18.9 Å². The van der Waals surface area contributed by atoms with Crippen molar-refractivity contribution in [2.75, 3.05) is 13.2 Å². The lowest BCUT2D eigenvalue weighted by atomic mass is 10.1. The maximum absolute atomic E-state index is 12.3. The van der Waals surface area contributed by atoms with Crippen molar-refractivity contribution in [3.63, 3.8) is 0 Å². The monoisotopic (exact) mass is 358 g/mol. The predicted molar refractivity (Wildman–Crippen MR) is 94.0 cm³/mol. The van der Waals surface area contributed by atoms with E-state index in [1.54, 1.807) is 0 Å². The lowest BCUT2D eigenvalue weighted by Gasteiger charge is -2.15. The van der Waals surface area contributed by atoms with Crippen LogP contribution in [0.2, 0.25) is 0 Å². The van der Waals surface area contributed by atoms with Gasteiger partial charge in [-0.05, 0) is 25.7 Å². The molecule has 0 aromatic rings. The molecule has 0 saturated carbocycles. The number of esters is 2. The van der Waals surface area contributed by atoms with Crippen molar-refractivity contribution in [1.29, 1.82) is 0 Å². The van der Waals surface area contributed by atoms with E-state index in [4.69, 9.17) is 18.9 Å². The van der Waals surface area contributed by atoms with Crippen LogP contribution in [0, 0.1) is 0 Å². The molecular formula is C19H34O6. The van der Waals surface area contributed by atoms with Crippen molar-refractivity contribution in [1.82, 2.24) is 0 Å². The molecule has 3 atom stereocenters. The second kappa shape index (κ2) is 13.1. The summed E-state index contributed by atoms with van der Waals surface area (Å²) in [6.45, 7) is 6.83. The second-order valence-electron chi connectivity index (χ2n) is 6.43. The fourth-order valence-electron chi connectivity index (χ4n) is 2.53. The van der Waals surface area contributed by atoms with Crippen LogP contribution in [-0.4, -0.2) is 43.7 Å². The number of carbonyl (C=O) groups excluding carboxylic acids is 2. The highest BCUT2D eigenvalue weighted by Crippen LogP contribution is 2.25. The molecule has 0 spiro atoms. The Morgan fingerprint density at radius 3 is 1.64 bits per heavy atom. The molecule has 0 N–H and O–H groups in total. The first kappa shape index (κ1) is 21.9. The molecule has 6 heteroatoms. The highest BCUT2D eigenvalue weighted by molar-refractivity contribution is 5.86. The molecule has 1 unspecified atom stereocenters. The van der Waals surface area contributed by atoms with Crippen molar-refractivity contribution >= 4 is 11.9 Å². The first-order valence-corrected chi connectivity index (χ1v) is 9.78. The number of hydrogen-bond donors (Lipinski definition) is 0. The summed E-state index contributed by atoms with van der Waals surface area (Å²) in [5.41, 5.74) is 0. The summed E-state index contributed by atoms with van der Waals surface area (Å²) in [5.74, 6) is -1.08. The zero-order valence-electron chi connectivity index (χ0n) is 16.0. The molecule has 0 aromatic carbocycles. The topological polar surface area (TPSA) is 71.1 Å². The van der Waals surface area contributed by atoms with Crippen LogP contribution < -0.4 is 0 Å². The van der Waals surface area contributed by atoms with Crippen molar-refractivity contribution in [3.05, 3.63) is 0 Å². The first-order valence-electron chi connectivity index (χ1n) is 9.78. The Balaban J connectivity index is 2.57. The fraction of sp³-hybridized carbons (Fsp3) is 0.895. The largest absolute Gasteiger partial charge is 0.464 e. The third-order valence-corrected chi connectivity index (χ3v) is 4.11. The van der Waals surface area contributed by atoms with Crippen LogP contribution >= 0.6 is 0 Å². The summed E-state index contributed by atoms with van der Waals surface area (Å²) in [6, 6.07) is 0. The van der Waals surface area contributed by atoms with E-state index in [2.05, 4.69) is 6.92 Å². The SMILES string of the molecule is CCCCCCC1O[C@H](C(=O)OCCCC)[C@H](C(=O)OCCCC)O1. The number of ether oxygens (including phenoxy) is 4. The van der Waals surface area contributed by atoms with Gasteiger partial charge in [0.05, 0.1) is 13.2 Å². The zero-order chi connectivity index (χ0) is 18.5. The Kier molecular flexibility index (Phi) is 11.5. The molecule has 1 saturated heterocycles. The Labute approximate surface area is 151 Å². The van der Waals surface area contributed by atoms with E-state index in [0.29, 0.717) is 19.6 Å². The quantitative estimate of drug-likeness (QED) is 0.369. The summed E-state index contributed by atoms with van der Waals surface area (Å²) in [7, 11) is 0. The first-order chi connectivity index (χ1) is 12.1. The Hall–Kier alpha value is -1.14. The van der Waals surface area contributed by atoms with Crippen LogP contribution in [0.25, 0.3) is 0 Å². The Morgan fingerprint density at radius 1 is 0.720 bits per heavy atom. The molecule has 1 heterocycles. The number of hydrogen-bond acceptors (Lipinski definition) is 6. The van der Waals surface area contributed by atoms with Gasteiger partial charge >= 0.3 is 11.9 Å². The van der Waals surface area contributed by atoms with E-state index in [1.165, 1.54) is 0 Å². The van der Waals surface area contributed by atoms with Gasteiger partial charge in [-0.2, -0.15) is 0 Å². The van der Waals surface area contributed by atoms with Gasteiger partial charge in [-0.1, -0.05) is 52.9 Å². The molecule has 1 aliphatic heterocycles. The molecule has 146 valence electrons. The Bertz CT molecular complexity index is 354. The highest BCUT2D eigenvalue weighted by atomic mass is 16.8. The maximum Gasteiger partial charge on any atom is 0.338 e. The average molecular weight is 358 g/mol. The van der Waals surface area contributed by atoms with Gasteiger partial charge in [0.25, 0.3) is 0 Å². The molecule has 0 aromatic heterocycles. The molecule has 0 amide bonds. The standard InChI is InChI=1S/C19H34O6/c1-4-7-10-11-12-15-24-16(18(20)22-13-8-5-2)17(25-15)19(21)23-14-9-6-3/h15-17H,4-14H2,1-3H3/t15?,16-,17+. The van der Waals surface area contributed by atoms with Gasteiger partial charge in [-0.15, -0.1) is 0 Å². The number of unbranched alkanes of at least 4 members (excludes halogenated alkanes) is 5. The van der Waals surface area contributed by atoms with Gasteiger partial charge in [0.2, 0.25) is 0 Å². The molecule has 25 heavy (non-hydrogen) atoms. The summed E-state index contributed by atoms with van der Waals surface area (Å²) < 4.78 is 21.8. The molecule has 1 aliphatic rings. The van der Waals surface area contributed by atoms with Crippen LogP contribution in [-0.2, 0) is 28.5 Å². The van der Waals surface area contributed by atoms with Gasteiger partial charge in [-0.3, -0.25) is 0 Å². The lowest BCUT2D eigenvalue weighted by Crippen LogP contribution is -2.39. The van der Waals surface area contributed by atoms with Gasteiger partial charge in [0, 0.05) is 0 Å². The van der Waals surface area contributed by atoms with Crippen LogP contribution in [0.15, 0.2) is 0 Å². The smallest absolute Gasteiger partial charge is 0.338 e. The van der Waals surface area contributed by atoms with E-state index in [-0.39, 0.29) is 0 Å². The number of rotatable bonds is 13. The summed E-state index contributed by atoms with van der Waals surface area (Å²) in [6.07, 6.45) is 5.80. The number of carbonyl (C=O) groups is 2. The normalized spacial score (nSPS) is 22.8. The molecule has 6 nitrogen and oxygen atoms in total. The molecule has 0 aliphatic carbocycles. The van der Waals surface area contributed by atoms with Crippen molar-refractivity contribution in [2.45, 2.75) is 97.1 Å². The minimum Gasteiger partial charge on any atom is -0.464 e. The Morgan fingerprint density at radius 2 is 1.20 bits per heavy atom. The van der Waals surface area contributed by atoms with E-state index >= 15 is 0 Å². The van der Waals surface area contributed by atoms with Gasteiger partial charge in [0.1, 0.15) is 0 Å². The molecule has 1 fully saturated rings. The van der Waals surface area contributed by atoms with Crippen LogP contribution in [0.4, 0.5) is 0 Å². The predicted octanol–water partition coefficient (Wildman–Crippen LogP) is 3.75. The van der Waals surface area contributed by atoms with Crippen LogP contribution in [0.5, 0.6) is 0 Å². The highest BCUT2D eigenvalue weighted by Gasteiger charge is 2.46. The third kappa shape index (κ3) is 8.19. The van der Waals surface area contributed by atoms with E-state index in [9.17, 15) is 9.59 Å². The minimum atomic E-state index is -1.03.